The molecule has 0 amide bonds. The minimum absolute atomic E-state index is 0.0833. The highest BCUT2D eigenvalue weighted by Crippen LogP contribution is 1.66. The van der Waals surface area contributed by atoms with Crippen LogP contribution in [0.15, 0.2) is 13.2 Å². The van der Waals surface area contributed by atoms with Crippen LogP contribution in [-0.2, 0) is 9.59 Å². The van der Waals surface area contributed by atoms with Crippen LogP contribution in [0.25, 0.3) is 0 Å². The van der Waals surface area contributed by atoms with Gasteiger partial charge >= 0.3 is 11.9 Å². The summed E-state index contributed by atoms with van der Waals surface area (Å²) in [6.07, 6.45) is 0. The second-order valence-electron chi connectivity index (χ2n) is 1.55. The van der Waals surface area contributed by atoms with Crippen molar-refractivity contribution in [3.05, 3.63) is 13.2 Å². The van der Waals surface area contributed by atoms with E-state index in [9.17, 15) is 9.59 Å². The number of hydrogen-bond acceptors (Lipinski definition) is 6. The lowest BCUT2D eigenvalue weighted by Gasteiger charge is -1.71. The number of hydrogen-bond donors (Lipinski definition) is 6. The Labute approximate surface area is 105 Å². The van der Waals surface area contributed by atoms with Gasteiger partial charge in [-0.25, -0.2) is 0 Å². The standard InChI is InChI=1S/2C2H4O2S.C2H6O2.C2H4/c2*3-2(4)1-5;3-1-2-4;1-2/h2*5H,1H2,(H,3,4);3-4H,1-2H2;1-2H2. The van der Waals surface area contributed by atoms with E-state index in [1.807, 2.05) is 0 Å². The van der Waals surface area contributed by atoms with E-state index in [4.69, 9.17) is 20.4 Å². The number of carboxylic acid groups (broad SMARTS) is 2. The molecule has 0 heterocycles. The molecule has 0 saturated heterocycles. The van der Waals surface area contributed by atoms with Gasteiger partial charge in [-0.1, -0.05) is 0 Å². The van der Waals surface area contributed by atoms with Crippen LogP contribution in [-0.4, -0.2) is 57.1 Å². The van der Waals surface area contributed by atoms with Gasteiger partial charge in [0, 0.05) is 0 Å². The van der Waals surface area contributed by atoms with Crippen molar-refractivity contribution in [2.75, 3.05) is 24.7 Å². The van der Waals surface area contributed by atoms with Crippen LogP contribution in [0.3, 0.4) is 0 Å². The van der Waals surface area contributed by atoms with Gasteiger partial charge in [-0.15, -0.1) is 13.2 Å². The Bertz CT molecular complexity index is 137. The van der Waals surface area contributed by atoms with Gasteiger partial charge in [0.15, 0.2) is 0 Å². The van der Waals surface area contributed by atoms with Gasteiger partial charge in [-0.3, -0.25) is 9.59 Å². The van der Waals surface area contributed by atoms with E-state index in [2.05, 4.69) is 38.4 Å². The molecule has 4 N–H and O–H groups in total. The van der Waals surface area contributed by atoms with E-state index < -0.39 is 11.9 Å². The molecule has 0 bridgehead atoms. The number of carboxylic acids is 2. The third kappa shape index (κ3) is 109. The third-order valence-electron chi connectivity index (χ3n) is 0.371. The van der Waals surface area contributed by atoms with Crippen molar-refractivity contribution in [2.45, 2.75) is 0 Å². The quantitative estimate of drug-likeness (QED) is 0.313. The maximum absolute atomic E-state index is 9.29. The summed E-state index contributed by atoms with van der Waals surface area (Å²) >= 11 is 6.83. The normalized spacial score (nSPS) is 6.75. The van der Waals surface area contributed by atoms with Crippen molar-refractivity contribution in [1.82, 2.24) is 0 Å². The zero-order chi connectivity index (χ0) is 14.0. The molecule has 0 radical (unpaired) electrons. The van der Waals surface area contributed by atoms with Crippen molar-refractivity contribution in [1.29, 1.82) is 0 Å². The fourth-order valence-electron chi connectivity index (χ4n) is 0. The van der Waals surface area contributed by atoms with Gasteiger partial charge in [0.05, 0.1) is 24.7 Å². The highest BCUT2D eigenvalue weighted by molar-refractivity contribution is 7.81. The average Bonchev–Trinajstić information content (AvgIpc) is 2.32. The Morgan fingerprint density at radius 2 is 1.00 bits per heavy atom. The van der Waals surface area contributed by atoms with E-state index >= 15 is 0 Å². The SMILES string of the molecule is C=C.O=C(O)CS.O=C(O)CS.OCCO. The van der Waals surface area contributed by atoms with Crippen LogP contribution in [0.1, 0.15) is 0 Å². The van der Waals surface area contributed by atoms with E-state index in [1.54, 1.807) is 0 Å². The highest BCUT2D eigenvalue weighted by Gasteiger charge is 1.82. The Hall–Kier alpha value is -0.700. The number of aliphatic carboxylic acids is 2. The van der Waals surface area contributed by atoms with Gasteiger partial charge in [0.2, 0.25) is 0 Å². The summed E-state index contributed by atoms with van der Waals surface area (Å²) in [6, 6.07) is 0. The first-order valence-electron chi connectivity index (χ1n) is 3.83. The lowest BCUT2D eigenvalue weighted by Crippen LogP contribution is -1.92. The summed E-state index contributed by atoms with van der Waals surface area (Å²) in [5, 5.41) is 30.5. The molecular formula is C8H18O6S2. The summed E-state index contributed by atoms with van der Waals surface area (Å²) in [5.41, 5.74) is 0. The topological polar surface area (TPSA) is 115 Å². The molecule has 6 nitrogen and oxygen atoms in total. The number of aliphatic hydroxyl groups is 2. The van der Waals surface area contributed by atoms with Crippen molar-refractivity contribution >= 4 is 37.2 Å². The molecule has 16 heavy (non-hydrogen) atoms. The molecule has 0 saturated carbocycles. The number of thiol groups is 2. The molecule has 0 aliphatic rings. The minimum Gasteiger partial charge on any atom is -0.481 e. The Morgan fingerprint density at radius 3 is 1.00 bits per heavy atom. The molecule has 0 aromatic rings. The van der Waals surface area contributed by atoms with E-state index in [0.29, 0.717) is 0 Å². The smallest absolute Gasteiger partial charge is 0.313 e. The lowest BCUT2D eigenvalue weighted by atomic mass is 10.8. The zero-order valence-corrected chi connectivity index (χ0v) is 10.5. The summed E-state index contributed by atoms with van der Waals surface area (Å²) < 4.78 is 0. The first kappa shape index (κ1) is 24.5. The van der Waals surface area contributed by atoms with E-state index in [1.165, 1.54) is 0 Å². The minimum atomic E-state index is -0.881. The average molecular weight is 274 g/mol. The number of aliphatic hydroxyl groups excluding tert-OH is 2. The van der Waals surface area contributed by atoms with Crippen LogP contribution in [0.2, 0.25) is 0 Å². The molecule has 98 valence electrons. The monoisotopic (exact) mass is 274 g/mol. The van der Waals surface area contributed by atoms with Crippen molar-refractivity contribution in [2.24, 2.45) is 0 Å². The molecule has 8 heteroatoms. The lowest BCUT2D eigenvalue weighted by molar-refractivity contribution is -0.134. The van der Waals surface area contributed by atoms with E-state index in [-0.39, 0.29) is 24.7 Å². The van der Waals surface area contributed by atoms with Crippen LogP contribution in [0.5, 0.6) is 0 Å². The maximum Gasteiger partial charge on any atom is 0.313 e. The predicted molar refractivity (Wildman–Crippen MR) is 68.4 cm³/mol. The molecule has 0 aliphatic heterocycles. The van der Waals surface area contributed by atoms with Crippen LogP contribution >= 0.6 is 25.3 Å². The summed E-state index contributed by atoms with van der Waals surface area (Å²) in [4.78, 5) is 18.6. The highest BCUT2D eigenvalue weighted by atomic mass is 32.1. The number of carbonyl (C=O) groups is 2. The summed E-state index contributed by atoms with van der Waals surface area (Å²) in [7, 11) is 0. The molecule has 0 spiro atoms. The Kier molecular flexibility index (Phi) is 44.8. The summed E-state index contributed by atoms with van der Waals surface area (Å²) in [6.45, 7) is 5.75. The van der Waals surface area contributed by atoms with Gasteiger partial charge < -0.3 is 20.4 Å². The van der Waals surface area contributed by atoms with Gasteiger partial charge in [-0.05, 0) is 0 Å². The first-order chi connectivity index (χ1) is 7.45. The molecule has 0 unspecified atom stereocenters. The summed E-state index contributed by atoms with van der Waals surface area (Å²) in [5.74, 6) is -1.93. The van der Waals surface area contributed by atoms with Gasteiger partial charge in [0.1, 0.15) is 0 Å². The van der Waals surface area contributed by atoms with Crippen molar-refractivity contribution in [3.8, 4) is 0 Å². The van der Waals surface area contributed by atoms with Crippen LogP contribution in [0.4, 0.5) is 0 Å². The van der Waals surface area contributed by atoms with Crippen LogP contribution < -0.4 is 0 Å². The first-order valence-corrected chi connectivity index (χ1v) is 5.09. The largest absolute Gasteiger partial charge is 0.481 e. The number of rotatable bonds is 3. The molecule has 0 atom stereocenters. The van der Waals surface area contributed by atoms with Crippen molar-refractivity contribution < 1.29 is 30.0 Å². The van der Waals surface area contributed by atoms with E-state index in [0.717, 1.165) is 0 Å². The molecule has 0 aromatic heterocycles. The Balaban J connectivity index is -0.0000000629. The third-order valence-corrected chi connectivity index (χ3v) is 0.912. The fourth-order valence-corrected chi connectivity index (χ4v) is 0. The van der Waals surface area contributed by atoms with Crippen molar-refractivity contribution in [3.63, 3.8) is 0 Å². The molecule has 0 aromatic carbocycles. The second kappa shape index (κ2) is 29.2. The molecule has 0 rings (SSSR count). The molecular weight excluding hydrogens is 256 g/mol. The van der Waals surface area contributed by atoms with Crippen LogP contribution in [0, 0.1) is 0 Å². The maximum atomic E-state index is 9.29. The predicted octanol–water partition coefficient (Wildman–Crippen LogP) is -0.225. The molecule has 0 fully saturated rings. The van der Waals surface area contributed by atoms with Gasteiger partial charge in [-0.2, -0.15) is 25.3 Å². The second-order valence-corrected chi connectivity index (χ2v) is 2.18. The molecule has 0 aliphatic carbocycles. The Morgan fingerprint density at radius 1 is 0.875 bits per heavy atom. The fraction of sp³-hybridized carbons (Fsp3) is 0.500. The van der Waals surface area contributed by atoms with Gasteiger partial charge in [0.25, 0.3) is 0 Å². The zero-order valence-electron chi connectivity index (χ0n) is 8.74.